The van der Waals surface area contributed by atoms with E-state index in [1.807, 2.05) is 0 Å². The summed E-state index contributed by atoms with van der Waals surface area (Å²) in [4.78, 5) is 14.2. The van der Waals surface area contributed by atoms with Crippen molar-refractivity contribution in [2.75, 3.05) is 0 Å². The molecule has 0 saturated heterocycles. The van der Waals surface area contributed by atoms with Crippen molar-refractivity contribution < 1.29 is 14.3 Å². The Bertz CT molecular complexity index is 524. The molecule has 0 aliphatic carbocycles. The number of nitrogens with one attached hydrogen (secondary N) is 1. The minimum atomic E-state index is -0.984. The Morgan fingerprint density at radius 2 is 2.19 bits per heavy atom. The van der Waals surface area contributed by atoms with Crippen LogP contribution in [0.1, 0.15) is 10.4 Å². The highest BCUT2D eigenvalue weighted by Gasteiger charge is 2.07. The summed E-state index contributed by atoms with van der Waals surface area (Å²) in [5, 5.41) is 9.39. The van der Waals surface area contributed by atoms with E-state index in [-0.39, 0.29) is 11.4 Å². The van der Waals surface area contributed by atoms with E-state index in [0.717, 1.165) is 4.90 Å². The molecule has 1 aromatic carbocycles. The number of carboxylic acid groups (broad SMARTS) is 1. The number of halogens is 1. The molecule has 0 unspecified atom stereocenters. The van der Waals surface area contributed by atoms with Crippen LogP contribution >= 0.6 is 11.8 Å². The molecule has 1 heterocycles. The van der Waals surface area contributed by atoms with E-state index >= 15 is 0 Å². The number of aromatic nitrogens is 1. The van der Waals surface area contributed by atoms with Crippen LogP contribution < -0.4 is 0 Å². The number of aromatic amines is 1. The predicted octanol–water partition coefficient (Wildman–Crippen LogP) is 3.00. The fraction of sp³-hybridized carbons (Fsp3) is 0. The number of aromatic carboxylic acids is 1. The standard InChI is InChI=1S/C11H8FNO2S/c12-8-2-1-3-9(5-8)16-10-4-7(6-13-10)11(14)15/h1-6,13H,(H,14,15). The average molecular weight is 237 g/mol. The molecule has 0 bridgehead atoms. The SMILES string of the molecule is O=C(O)c1c[nH]c(Sc2cccc(F)c2)c1. The Morgan fingerprint density at radius 1 is 1.38 bits per heavy atom. The van der Waals surface area contributed by atoms with Crippen LogP contribution in [0.3, 0.4) is 0 Å². The van der Waals surface area contributed by atoms with Gasteiger partial charge in [-0.1, -0.05) is 17.8 Å². The van der Waals surface area contributed by atoms with Gasteiger partial charge in [0.15, 0.2) is 0 Å². The molecular weight excluding hydrogens is 229 g/mol. The molecule has 0 atom stereocenters. The second-order valence-corrected chi connectivity index (χ2v) is 4.23. The third-order valence-electron chi connectivity index (χ3n) is 1.93. The van der Waals surface area contributed by atoms with Crippen molar-refractivity contribution >= 4 is 17.7 Å². The number of benzene rings is 1. The smallest absolute Gasteiger partial charge is 0.337 e. The highest BCUT2D eigenvalue weighted by Crippen LogP contribution is 2.27. The van der Waals surface area contributed by atoms with Crippen LogP contribution in [0.4, 0.5) is 4.39 Å². The lowest BCUT2D eigenvalue weighted by Gasteiger charge is -1.97. The van der Waals surface area contributed by atoms with Crippen molar-refractivity contribution in [1.82, 2.24) is 4.98 Å². The number of carboxylic acids is 1. The Balaban J connectivity index is 2.17. The summed E-state index contributed by atoms with van der Waals surface area (Å²) in [5.41, 5.74) is 0.193. The van der Waals surface area contributed by atoms with Crippen LogP contribution in [0.2, 0.25) is 0 Å². The summed E-state index contributed by atoms with van der Waals surface area (Å²) in [6.45, 7) is 0. The van der Waals surface area contributed by atoms with E-state index in [1.54, 1.807) is 12.1 Å². The van der Waals surface area contributed by atoms with Gasteiger partial charge in [-0.15, -0.1) is 0 Å². The maximum Gasteiger partial charge on any atom is 0.337 e. The topological polar surface area (TPSA) is 53.1 Å². The van der Waals surface area contributed by atoms with E-state index in [9.17, 15) is 9.18 Å². The van der Waals surface area contributed by atoms with Crippen molar-refractivity contribution in [1.29, 1.82) is 0 Å². The summed E-state index contributed by atoms with van der Waals surface area (Å²) in [5.74, 6) is -1.29. The molecule has 0 saturated carbocycles. The normalized spacial score (nSPS) is 10.3. The molecule has 0 radical (unpaired) electrons. The molecule has 3 nitrogen and oxygen atoms in total. The Labute approximate surface area is 95.3 Å². The maximum atomic E-state index is 12.9. The van der Waals surface area contributed by atoms with Gasteiger partial charge in [-0.3, -0.25) is 0 Å². The highest BCUT2D eigenvalue weighted by molar-refractivity contribution is 7.99. The minimum Gasteiger partial charge on any atom is -0.478 e. The summed E-state index contributed by atoms with van der Waals surface area (Å²) in [6, 6.07) is 7.64. The highest BCUT2D eigenvalue weighted by atomic mass is 32.2. The molecule has 16 heavy (non-hydrogen) atoms. The van der Waals surface area contributed by atoms with Gasteiger partial charge in [0.25, 0.3) is 0 Å². The van der Waals surface area contributed by atoms with Gasteiger partial charge in [0.1, 0.15) is 5.82 Å². The lowest BCUT2D eigenvalue weighted by Crippen LogP contribution is -1.91. The van der Waals surface area contributed by atoms with Crippen molar-refractivity contribution in [2.24, 2.45) is 0 Å². The van der Waals surface area contributed by atoms with Crippen molar-refractivity contribution in [3.05, 3.63) is 47.9 Å². The van der Waals surface area contributed by atoms with Crippen LogP contribution in [0, 0.1) is 5.82 Å². The van der Waals surface area contributed by atoms with Gasteiger partial charge in [0.05, 0.1) is 10.6 Å². The first kappa shape index (κ1) is 10.8. The van der Waals surface area contributed by atoms with Crippen LogP contribution in [0.15, 0.2) is 46.5 Å². The largest absolute Gasteiger partial charge is 0.478 e. The summed E-state index contributed by atoms with van der Waals surface area (Å²) < 4.78 is 12.9. The predicted molar refractivity (Wildman–Crippen MR) is 58.3 cm³/mol. The minimum absolute atomic E-state index is 0.193. The average Bonchev–Trinajstić information content (AvgIpc) is 2.66. The number of H-pyrrole nitrogens is 1. The lowest BCUT2D eigenvalue weighted by molar-refractivity contribution is 0.0697. The quantitative estimate of drug-likeness (QED) is 0.862. The summed E-state index contributed by atoms with van der Waals surface area (Å²) in [6.07, 6.45) is 1.41. The molecule has 0 aliphatic heterocycles. The van der Waals surface area contributed by atoms with E-state index in [0.29, 0.717) is 5.03 Å². The molecule has 2 aromatic rings. The fourth-order valence-electron chi connectivity index (χ4n) is 1.21. The van der Waals surface area contributed by atoms with Gasteiger partial charge in [-0.25, -0.2) is 9.18 Å². The lowest BCUT2D eigenvalue weighted by atomic mass is 10.3. The molecule has 0 fully saturated rings. The fourth-order valence-corrected chi connectivity index (χ4v) is 2.09. The molecule has 0 amide bonds. The number of hydrogen-bond acceptors (Lipinski definition) is 2. The molecule has 0 spiro atoms. The third kappa shape index (κ3) is 2.43. The third-order valence-corrected chi connectivity index (χ3v) is 2.87. The molecule has 2 N–H and O–H groups in total. The Kier molecular flexibility index (Phi) is 2.96. The molecule has 1 aromatic heterocycles. The van der Waals surface area contributed by atoms with Crippen LogP contribution in [0.5, 0.6) is 0 Å². The number of rotatable bonds is 3. The van der Waals surface area contributed by atoms with Gasteiger partial charge in [-0.05, 0) is 24.3 Å². The van der Waals surface area contributed by atoms with Crippen LogP contribution in [-0.4, -0.2) is 16.1 Å². The van der Waals surface area contributed by atoms with E-state index < -0.39 is 5.97 Å². The second-order valence-electron chi connectivity index (χ2n) is 3.12. The summed E-state index contributed by atoms with van der Waals surface area (Å²) >= 11 is 1.28. The van der Waals surface area contributed by atoms with Crippen LogP contribution in [-0.2, 0) is 0 Å². The van der Waals surface area contributed by atoms with Gasteiger partial charge in [0.2, 0.25) is 0 Å². The zero-order chi connectivity index (χ0) is 11.5. The molecule has 2 rings (SSSR count). The van der Waals surface area contributed by atoms with E-state index in [1.165, 1.54) is 36.2 Å². The van der Waals surface area contributed by atoms with Crippen molar-refractivity contribution in [2.45, 2.75) is 9.92 Å². The van der Waals surface area contributed by atoms with Gasteiger partial charge < -0.3 is 10.1 Å². The monoisotopic (exact) mass is 237 g/mol. The van der Waals surface area contributed by atoms with Crippen molar-refractivity contribution in [3.8, 4) is 0 Å². The second kappa shape index (κ2) is 4.40. The zero-order valence-corrected chi connectivity index (χ0v) is 8.92. The van der Waals surface area contributed by atoms with E-state index in [2.05, 4.69) is 4.98 Å². The van der Waals surface area contributed by atoms with Gasteiger partial charge in [0, 0.05) is 11.1 Å². The Morgan fingerprint density at radius 3 is 2.81 bits per heavy atom. The molecule has 0 aliphatic rings. The molecule has 5 heteroatoms. The summed E-state index contributed by atoms with van der Waals surface area (Å²) in [7, 11) is 0. The number of carbonyl (C=O) groups is 1. The molecular formula is C11H8FNO2S. The van der Waals surface area contributed by atoms with Gasteiger partial charge >= 0.3 is 5.97 Å². The van der Waals surface area contributed by atoms with Crippen molar-refractivity contribution in [3.63, 3.8) is 0 Å². The number of hydrogen-bond donors (Lipinski definition) is 2. The first-order valence-electron chi connectivity index (χ1n) is 4.50. The van der Waals surface area contributed by atoms with Gasteiger partial charge in [-0.2, -0.15) is 0 Å². The Hall–Kier alpha value is -1.75. The first-order valence-corrected chi connectivity index (χ1v) is 5.32. The first-order chi connectivity index (χ1) is 7.65. The van der Waals surface area contributed by atoms with E-state index in [4.69, 9.17) is 5.11 Å². The van der Waals surface area contributed by atoms with Crippen LogP contribution in [0.25, 0.3) is 0 Å². The zero-order valence-electron chi connectivity index (χ0n) is 8.11. The molecule has 82 valence electrons. The maximum absolute atomic E-state index is 12.9.